The maximum atomic E-state index is 12.6. The molecule has 24 heavy (non-hydrogen) atoms. The number of carbonyl (C=O) groups is 1. The molecular weight excluding hydrogens is 308 g/mol. The lowest BCUT2D eigenvalue weighted by Crippen LogP contribution is -2.41. The molecule has 7 nitrogen and oxygen atoms in total. The predicted molar refractivity (Wildman–Crippen MR) is 86.9 cm³/mol. The number of rotatable bonds is 5. The minimum Gasteiger partial charge on any atom is -0.481 e. The predicted octanol–water partition coefficient (Wildman–Crippen LogP) is 1.81. The van der Waals surface area contributed by atoms with Crippen LogP contribution in [0.25, 0.3) is 0 Å². The van der Waals surface area contributed by atoms with Crippen molar-refractivity contribution >= 4 is 5.91 Å². The molecule has 0 aliphatic carbocycles. The molecule has 2 aromatic heterocycles. The summed E-state index contributed by atoms with van der Waals surface area (Å²) in [6, 6.07) is 5.56. The second-order valence-electron chi connectivity index (χ2n) is 5.69. The highest BCUT2D eigenvalue weighted by Crippen LogP contribution is 2.19. The Balaban J connectivity index is 1.57. The van der Waals surface area contributed by atoms with E-state index < -0.39 is 0 Å². The molecule has 3 heterocycles. The van der Waals surface area contributed by atoms with E-state index in [2.05, 4.69) is 15.0 Å². The quantitative estimate of drug-likeness (QED) is 0.833. The van der Waals surface area contributed by atoms with Gasteiger partial charge >= 0.3 is 6.01 Å². The van der Waals surface area contributed by atoms with Gasteiger partial charge in [0.15, 0.2) is 0 Å². The number of amides is 1. The number of hydrogen-bond acceptors (Lipinski definition) is 6. The number of methoxy groups -OCH3 is 1. The van der Waals surface area contributed by atoms with E-state index >= 15 is 0 Å². The summed E-state index contributed by atoms with van der Waals surface area (Å²) in [7, 11) is 1.55. The highest BCUT2D eigenvalue weighted by Gasteiger charge is 2.25. The molecule has 1 fully saturated rings. The normalized spacial score (nSPS) is 17.4. The summed E-state index contributed by atoms with van der Waals surface area (Å²) in [6.45, 7) is 1.93. The van der Waals surface area contributed by atoms with Gasteiger partial charge < -0.3 is 14.4 Å². The highest BCUT2D eigenvalue weighted by atomic mass is 16.5. The fourth-order valence-corrected chi connectivity index (χ4v) is 2.75. The average Bonchev–Trinajstić information content (AvgIpc) is 2.67. The van der Waals surface area contributed by atoms with Gasteiger partial charge in [-0.15, -0.1) is 0 Å². The van der Waals surface area contributed by atoms with Crippen molar-refractivity contribution in [1.82, 2.24) is 19.9 Å². The third-order valence-electron chi connectivity index (χ3n) is 3.99. The summed E-state index contributed by atoms with van der Waals surface area (Å²) >= 11 is 0. The lowest BCUT2D eigenvalue weighted by Gasteiger charge is -2.32. The van der Waals surface area contributed by atoms with Gasteiger partial charge in [-0.1, -0.05) is 0 Å². The lowest BCUT2D eigenvalue weighted by atomic mass is 9.98. The van der Waals surface area contributed by atoms with Crippen LogP contribution in [0.4, 0.5) is 0 Å². The topological polar surface area (TPSA) is 77.4 Å². The van der Waals surface area contributed by atoms with Crippen molar-refractivity contribution in [3.05, 3.63) is 42.4 Å². The largest absolute Gasteiger partial charge is 0.481 e. The minimum atomic E-state index is -0.00851. The first-order chi connectivity index (χ1) is 11.8. The molecule has 1 aliphatic heterocycles. The van der Waals surface area contributed by atoms with Gasteiger partial charge in [0.2, 0.25) is 5.88 Å². The Morgan fingerprint density at radius 2 is 2.12 bits per heavy atom. The van der Waals surface area contributed by atoms with Crippen LogP contribution in [0.15, 0.2) is 36.8 Å². The van der Waals surface area contributed by atoms with E-state index in [1.807, 2.05) is 4.90 Å². The molecule has 2 aromatic rings. The fourth-order valence-electron chi connectivity index (χ4n) is 2.75. The summed E-state index contributed by atoms with van der Waals surface area (Å²) in [4.78, 5) is 26.6. The summed E-state index contributed by atoms with van der Waals surface area (Å²) in [5.41, 5.74) is 0.573. The summed E-state index contributed by atoms with van der Waals surface area (Å²) in [5.74, 6) is 0.767. The molecule has 0 radical (unpaired) electrons. The molecule has 1 amide bonds. The van der Waals surface area contributed by atoms with Gasteiger partial charge in [0.25, 0.3) is 5.91 Å². The fraction of sp³-hybridized carbons (Fsp3) is 0.412. The number of hydrogen-bond donors (Lipinski definition) is 0. The van der Waals surface area contributed by atoms with Crippen LogP contribution in [0.3, 0.4) is 0 Å². The smallest absolute Gasteiger partial charge is 0.316 e. The van der Waals surface area contributed by atoms with E-state index in [4.69, 9.17) is 9.47 Å². The van der Waals surface area contributed by atoms with Gasteiger partial charge in [-0.2, -0.15) is 0 Å². The number of carbonyl (C=O) groups excluding carboxylic acids is 1. The van der Waals surface area contributed by atoms with E-state index in [0.29, 0.717) is 30.6 Å². The van der Waals surface area contributed by atoms with Gasteiger partial charge in [0.1, 0.15) is 0 Å². The van der Waals surface area contributed by atoms with Crippen LogP contribution in [0.1, 0.15) is 23.2 Å². The van der Waals surface area contributed by atoms with Crippen LogP contribution in [0.2, 0.25) is 0 Å². The number of likely N-dealkylation sites (tertiary alicyclic amines) is 1. The second kappa shape index (κ2) is 7.72. The summed E-state index contributed by atoms with van der Waals surface area (Å²) < 4.78 is 10.6. The van der Waals surface area contributed by atoms with E-state index in [-0.39, 0.29) is 11.8 Å². The van der Waals surface area contributed by atoms with Crippen molar-refractivity contribution in [2.45, 2.75) is 12.8 Å². The van der Waals surface area contributed by atoms with E-state index in [9.17, 15) is 4.79 Å². The van der Waals surface area contributed by atoms with Crippen LogP contribution in [-0.4, -0.2) is 52.6 Å². The van der Waals surface area contributed by atoms with Crippen molar-refractivity contribution < 1.29 is 14.3 Å². The lowest BCUT2D eigenvalue weighted by molar-refractivity contribution is 0.0628. The van der Waals surface area contributed by atoms with Crippen molar-refractivity contribution in [2.24, 2.45) is 5.92 Å². The van der Waals surface area contributed by atoms with Gasteiger partial charge in [-0.05, 0) is 25.0 Å². The van der Waals surface area contributed by atoms with Gasteiger partial charge in [0.05, 0.1) is 19.3 Å². The van der Waals surface area contributed by atoms with Crippen LogP contribution in [0.5, 0.6) is 11.9 Å². The monoisotopic (exact) mass is 328 g/mol. The SMILES string of the molecule is COc1ccc(C(=O)N2CCCC(COc3ncccn3)C2)cn1. The first-order valence-corrected chi connectivity index (χ1v) is 7.95. The minimum absolute atomic E-state index is 0.00851. The maximum Gasteiger partial charge on any atom is 0.316 e. The molecule has 3 rings (SSSR count). The molecule has 1 atom stereocenters. The van der Waals surface area contributed by atoms with Gasteiger partial charge in [0, 0.05) is 43.7 Å². The van der Waals surface area contributed by atoms with E-state index in [0.717, 1.165) is 19.4 Å². The molecule has 0 N–H and O–H groups in total. The van der Waals surface area contributed by atoms with Crippen molar-refractivity contribution in [3.8, 4) is 11.9 Å². The van der Waals surface area contributed by atoms with Crippen LogP contribution in [-0.2, 0) is 0 Å². The Labute approximate surface area is 140 Å². The number of piperidine rings is 1. The number of ether oxygens (including phenoxy) is 2. The van der Waals surface area contributed by atoms with Gasteiger partial charge in [-0.25, -0.2) is 15.0 Å². The molecule has 1 saturated heterocycles. The van der Waals surface area contributed by atoms with Gasteiger partial charge in [-0.3, -0.25) is 4.79 Å². The second-order valence-corrected chi connectivity index (χ2v) is 5.69. The van der Waals surface area contributed by atoms with Crippen molar-refractivity contribution in [2.75, 3.05) is 26.8 Å². The molecule has 7 heteroatoms. The Morgan fingerprint density at radius 1 is 1.29 bits per heavy atom. The molecular formula is C17H20N4O3. The Morgan fingerprint density at radius 3 is 2.83 bits per heavy atom. The third-order valence-corrected chi connectivity index (χ3v) is 3.99. The molecule has 0 spiro atoms. The van der Waals surface area contributed by atoms with Crippen LogP contribution < -0.4 is 9.47 Å². The average molecular weight is 328 g/mol. The molecule has 1 aliphatic rings. The number of aromatic nitrogens is 3. The summed E-state index contributed by atoms with van der Waals surface area (Å²) in [5, 5.41) is 0. The molecule has 0 bridgehead atoms. The van der Waals surface area contributed by atoms with E-state index in [1.54, 1.807) is 43.9 Å². The third kappa shape index (κ3) is 3.98. The summed E-state index contributed by atoms with van der Waals surface area (Å²) in [6.07, 6.45) is 6.83. The zero-order valence-electron chi connectivity index (χ0n) is 13.6. The first kappa shape index (κ1) is 16.2. The number of nitrogens with zero attached hydrogens (tertiary/aromatic N) is 4. The van der Waals surface area contributed by atoms with Crippen LogP contribution in [0, 0.1) is 5.92 Å². The highest BCUT2D eigenvalue weighted by molar-refractivity contribution is 5.94. The zero-order valence-corrected chi connectivity index (χ0v) is 13.6. The first-order valence-electron chi connectivity index (χ1n) is 7.95. The van der Waals surface area contributed by atoms with Crippen LogP contribution >= 0.6 is 0 Å². The Hall–Kier alpha value is -2.70. The molecule has 126 valence electrons. The molecule has 0 saturated carbocycles. The Kier molecular flexibility index (Phi) is 5.20. The Bertz CT molecular complexity index is 663. The van der Waals surface area contributed by atoms with Crippen molar-refractivity contribution in [3.63, 3.8) is 0 Å². The molecule has 0 aromatic carbocycles. The maximum absolute atomic E-state index is 12.6. The zero-order chi connectivity index (χ0) is 16.8. The molecule has 1 unspecified atom stereocenters. The number of pyridine rings is 1. The standard InChI is InChI=1S/C17H20N4O3/c1-23-15-6-5-14(10-20-15)16(22)21-9-2-4-13(11-21)12-24-17-18-7-3-8-19-17/h3,5-8,10,13H,2,4,9,11-12H2,1H3. The van der Waals surface area contributed by atoms with E-state index in [1.165, 1.54) is 0 Å². The van der Waals surface area contributed by atoms with Crippen molar-refractivity contribution in [1.29, 1.82) is 0 Å².